The van der Waals surface area contributed by atoms with E-state index in [1.54, 1.807) is 6.92 Å². The predicted octanol–water partition coefficient (Wildman–Crippen LogP) is 0.978. The van der Waals surface area contributed by atoms with Crippen molar-refractivity contribution in [1.29, 1.82) is 0 Å². The zero-order valence-electron chi connectivity index (χ0n) is 10.1. The van der Waals surface area contributed by atoms with Gasteiger partial charge in [0.1, 0.15) is 5.01 Å². The number of sulfonamides is 1. The molecule has 0 atom stereocenters. The Labute approximate surface area is 106 Å². The average molecular weight is 278 g/mol. The first-order valence-electron chi connectivity index (χ1n) is 5.55. The lowest BCUT2D eigenvalue weighted by atomic mass is 10.4. The molecule has 8 heteroatoms. The summed E-state index contributed by atoms with van der Waals surface area (Å²) in [4.78, 5) is 0. The van der Waals surface area contributed by atoms with Gasteiger partial charge in [0, 0.05) is 0 Å². The van der Waals surface area contributed by atoms with Crippen LogP contribution >= 0.6 is 11.3 Å². The molecule has 1 rings (SSSR count). The Morgan fingerprint density at radius 3 is 2.65 bits per heavy atom. The Morgan fingerprint density at radius 2 is 2.06 bits per heavy atom. The van der Waals surface area contributed by atoms with Gasteiger partial charge in [-0.15, -0.1) is 10.2 Å². The third-order valence-electron chi connectivity index (χ3n) is 1.96. The van der Waals surface area contributed by atoms with Crippen molar-refractivity contribution < 1.29 is 8.42 Å². The van der Waals surface area contributed by atoms with Crippen molar-refractivity contribution in [2.75, 3.05) is 23.6 Å². The topological polar surface area (TPSA) is 84.0 Å². The van der Waals surface area contributed by atoms with E-state index in [-0.39, 0.29) is 5.75 Å². The summed E-state index contributed by atoms with van der Waals surface area (Å²) in [5.41, 5.74) is 0. The van der Waals surface area contributed by atoms with E-state index in [4.69, 9.17) is 0 Å². The van der Waals surface area contributed by atoms with Crippen LogP contribution in [-0.4, -0.2) is 37.5 Å². The summed E-state index contributed by atoms with van der Waals surface area (Å²) in [7, 11) is -3.29. The van der Waals surface area contributed by atoms with Crippen molar-refractivity contribution >= 4 is 26.5 Å². The molecule has 0 fully saturated rings. The third kappa shape index (κ3) is 5.94. The molecule has 1 heterocycles. The first-order chi connectivity index (χ1) is 8.03. The van der Waals surface area contributed by atoms with Crippen molar-refractivity contribution in [1.82, 2.24) is 15.5 Å². The molecule has 1 aromatic heterocycles. The Bertz CT molecular complexity index is 430. The molecule has 0 aliphatic rings. The van der Waals surface area contributed by atoms with Crippen LogP contribution in [0.4, 0.5) is 5.13 Å². The minimum atomic E-state index is -3.29. The first-order valence-corrected chi connectivity index (χ1v) is 8.01. The van der Waals surface area contributed by atoms with E-state index >= 15 is 0 Å². The zero-order valence-corrected chi connectivity index (χ0v) is 11.7. The Kier molecular flexibility index (Phi) is 5.79. The number of rotatable bonds is 8. The summed E-state index contributed by atoms with van der Waals surface area (Å²) in [5, 5.41) is 11.7. The third-order valence-corrected chi connectivity index (χ3v) is 4.18. The van der Waals surface area contributed by atoms with E-state index in [0.717, 1.165) is 18.0 Å². The van der Waals surface area contributed by atoms with Crippen LogP contribution in [0.15, 0.2) is 0 Å². The standard InChI is InChI=1S/C9H18N4O2S2/c1-3-5-10-6-4-7-17(14,15)13-9-12-11-8(2)16-9/h10H,3-7H2,1-2H3,(H,12,13). The minimum absolute atomic E-state index is 0.0995. The molecule has 0 amide bonds. The highest BCUT2D eigenvalue weighted by Crippen LogP contribution is 2.15. The minimum Gasteiger partial charge on any atom is -0.317 e. The van der Waals surface area contributed by atoms with Crippen molar-refractivity contribution in [3.8, 4) is 0 Å². The predicted molar refractivity (Wildman–Crippen MR) is 69.8 cm³/mol. The van der Waals surface area contributed by atoms with Crippen LogP contribution in [0.1, 0.15) is 24.8 Å². The highest BCUT2D eigenvalue weighted by Gasteiger charge is 2.12. The highest BCUT2D eigenvalue weighted by molar-refractivity contribution is 7.92. The average Bonchev–Trinajstić information content (AvgIpc) is 2.62. The van der Waals surface area contributed by atoms with E-state index in [1.807, 2.05) is 0 Å². The monoisotopic (exact) mass is 278 g/mol. The number of anilines is 1. The van der Waals surface area contributed by atoms with Crippen LogP contribution in [0.25, 0.3) is 0 Å². The lowest BCUT2D eigenvalue weighted by Crippen LogP contribution is -2.22. The second kappa shape index (κ2) is 6.87. The Morgan fingerprint density at radius 1 is 1.29 bits per heavy atom. The molecule has 6 nitrogen and oxygen atoms in total. The molecule has 2 N–H and O–H groups in total. The van der Waals surface area contributed by atoms with E-state index in [0.29, 0.717) is 18.1 Å². The van der Waals surface area contributed by atoms with Crippen LogP contribution in [0.3, 0.4) is 0 Å². The SMILES string of the molecule is CCCNCCCS(=O)(=O)Nc1nnc(C)s1. The fourth-order valence-electron chi connectivity index (χ4n) is 1.21. The Hall–Kier alpha value is -0.730. The molecule has 0 aliphatic heterocycles. The van der Waals surface area contributed by atoms with E-state index in [2.05, 4.69) is 27.2 Å². The largest absolute Gasteiger partial charge is 0.317 e. The van der Waals surface area contributed by atoms with E-state index < -0.39 is 10.0 Å². The number of aromatic nitrogens is 2. The van der Waals surface area contributed by atoms with Crippen LogP contribution in [0.5, 0.6) is 0 Å². The summed E-state index contributed by atoms with van der Waals surface area (Å²) >= 11 is 1.23. The quantitative estimate of drug-likeness (QED) is 0.692. The van der Waals surface area contributed by atoms with Gasteiger partial charge in [0.2, 0.25) is 15.2 Å². The summed E-state index contributed by atoms with van der Waals surface area (Å²) in [6.07, 6.45) is 1.64. The van der Waals surface area contributed by atoms with Crippen molar-refractivity contribution in [2.45, 2.75) is 26.7 Å². The van der Waals surface area contributed by atoms with Gasteiger partial charge >= 0.3 is 0 Å². The van der Waals surface area contributed by atoms with Crippen molar-refractivity contribution in [2.24, 2.45) is 0 Å². The molecular weight excluding hydrogens is 260 g/mol. The highest BCUT2D eigenvalue weighted by atomic mass is 32.2. The zero-order chi connectivity index (χ0) is 12.7. The molecule has 0 radical (unpaired) electrons. The van der Waals surface area contributed by atoms with Crippen molar-refractivity contribution in [3.63, 3.8) is 0 Å². The normalized spacial score (nSPS) is 11.6. The molecule has 0 aliphatic carbocycles. The molecule has 1 aromatic rings. The Balaban J connectivity index is 2.31. The fraction of sp³-hybridized carbons (Fsp3) is 0.778. The van der Waals surface area contributed by atoms with Gasteiger partial charge < -0.3 is 5.32 Å². The van der Waals surface area contributed by atoms with Gasteiger partial charge in [-0.2, -0.15) is 0 Å². The van der Waals surface area contributed by atoms with Gasteiger partial charge in [-0.1, -0.05) is 18.3 Å². The van der Waals surface area contributed by atoms with Gasteiger partial charge in [0.05, 0.1) is 5.75 Å². The summed E-state index contributed by atoms with van der Waals surface area (Å²) < 4.78 is 25.7. The molecule has 0 unspecified atom stereocenters. The molecule has 0 bridgehead atoms. The van der Waals surface area contributed by atoms with Gasteiger partial charge in [0.25, 0.3) is 0 Å². The molecular formula is C9H18N4O2S2. The van der Waals surface area contributed by atoms with E-state index in [9.17, 15) is 8.42 Å². The summed E-state index contributed by atoms with van der Waals surface area (Å²) in [6.45, 7) is 5.49. The van der Waals surface area contributed by atoms with Gasteiger partial charge in [-0.25, -0.2) is 8.42 Å². The molecule has 0 saturated heterocycles. The molecule has 17 heavy (non-hydrogen) atoms. The number of hydrogen-bond acceptors (Lipinski definition) is 6. The van der Waals surface area contributed by atoms with Gasteiger partial charge in [0.15, 0.2) is 0 Å². The fourth-order valence-corrected chi connectivity index (χ4v) is 3.13. The van der Waals surface area contributed by atoms with Crippen LogP contribution in [0.2, 0.25) is 0 Å². The second-order valence-electron chi connectivity index (χ2n) is 3.65. The maximum absolute atomic E-state index is 11.6. The molecule has 98 valence electrons. The summed E-state index contributed by atoms with van der Waals surface area (Å²) in [5.74, 6) is 0.0995. The number of nitrogens with one attached hydrogen (secondary N) is 2. The maximum atomic E-state index is 11.6. The van der Waals surface area contributed by atoms with Crippen LogP contribution < -0.4 is 10.0 Å². The van der Waals surface area contributed by atoms with Gasteiger partial charge in [-0.05, 0) is 32.9 Å². The van der Waals surface area contributed by atoms with Crippen molar-refractivity contribution in [3.05, 3.63) is 5.01 Å². The molecule has 0 aromatic carbocycles. The lowest BCUT2D eigenvalue weighted by Gasteiger charge is -2.05. The lowest BCUT2D eigenvalue weighted by molar-refractivity contribution is 0.593. The molecule has 0 saturated carbocycles. The molecule has 0 spiro atoms. The van der Waals surface area contributed by atoms with Crippen LogP contribution in [0, 0.1) is 6.92 Å². The number of aryl methyl sites for hydroxylation is 1. The smallest absolute Gasteiger partial charge is 0.234 e. The first kappa shape index (κ1) is 14.3. The maximum Gasteiger partial charge on any atom is 0.234 e. The van der Waals surface area contributed by atoms with Crippen LogP contribution in [-0.2, 0) is 10.0 Å². The number of hydrogen-bond donors (Lipinski definition) is 2. The van der Waals surface area contributed by atoms with Gasteiger partial charge in [-0.3, -0.25) is 4.72 Å². The second-order valence-corrected chi connectivity index (χ2v) is 6.67. The number of nitrogens with zero attached hydrogens (tertiary/aromatic N) is 2. The van der Waals surface area contributed by atoms with E-state index in [1.165, 1.54) is 11.3 Å². The summed E-state index contributed by atoms with van der Waals surface area (Å²) in [6, 6.07) is 0.